The Morgan fingerprint density at radius 1 is 1.50 bits per heavy atom. The summed E-state index contributed by atoms with van der Waals surface area (Å²) in [6, 6.07) is 0. The van der Waals surface area contributed by atoms with Gasteiger partial charge in [0.25, 0.3) is 0 Å². The quantitative estimate of drug-likeness (QED) is 0.565. The highest BCUT2D eigenvalue weighted by Crippen LogP contribution is 2.45. The Hall–Kier alpha value is -0.570. The molecule has 1 aliphatic carbocycles. The molecule has 0 amide bonds. The predicted molar refractivity (Wildman–Crippen MR) is 35.6 cm³/mol. The molecule has 56 valence electrons. The SMILES string of the molecule is O=C(O)[C@@H]1C[C@H]1C1CNC1. The van der Waals surface area contributed by atoms with Crippen LogP contribution in [0.4, 0.5) is 0 Å². The fourth-order valence-electron chi connectivity index (χ4n) is 1.63. The van der Waals surface area contributed by atoms with E-state index in [1.54, 1.807) is 0 Å². The van der Waals surface area contributed by atoms with Crippen molar-refractivity contribution in [2.45, 2.75) is 6.42 Å². The summed E-state index contributed by atoms with van der Waals surface area (Å²) in [4.78, 5) is 10.4. The Morgan fingerprint density at radius 3 is 2.50 bits per heavy atom. The van der Waals surface area contributed by atoms with Gasteiger partial charge < -0.3 is 10.4 Å². The van der Waals surface area contributed by atoms with Crippen molar-refractivity contribution in [2.75, 3.05) is 13.1 Å². The molecule has 1 aliphatic heterocycles. The molecule has 10 heavy (non-hydrogen) atoms. The third-order valence-electron chi connectivity index (χ3n) is 2.58. The van der Waals surface area contributed by atoms with Crippen molar-refractivity contribution in [2.24, 2.45) is 17.8 Å². The van der Waals surface area contributed by atoms with Gasteiger partial charge in [0, 0.05) is 0 Å². The van der Waals surface area contributed by atoms with Gasteiger partial charge in [-0.05, 0) is 31.3 Å². The molecule has 0 unspecified atom stereocenters. The smallest absolute Gasteiger partial charge is 0.306 e. The third-order valence-corrected chi connectivity index (χ3v) is 2.58. The molecule has 1 saturated carbocycles. The average molecular weight is 141 g/mol. The Morgan fingerprint density at radius 2 is 2.20 bits per heavy atom. The summed E-state index contributed by atoms with van der Waals surface area (Å²) < 4.78 is 0. The van der Waals surface area contributed by atoms with Crippen molar-refractivity contribution in [3.05, 3.63) is 0 Å². The monoisotopic (exact) mass is 141 g/mol. The summed E-state index contributed by atoms with van der Waals surface area (Å²) in [7, 11) is 0. The van der Waals surface area contributed by atoms with E-state index in [4.69, 9.17) is 5.11 Å². The molecule has 0 aromatic rings. The second-order valence-electron chi connectivity index (χ2n) is 3.26. The highest BCUT2D eigenvalue weighted by molar-refractivity contribution is 5.73. The van der Waals surface area contributed by atoms with Crippen molar-refractivity contribution in [3.63, 3.8) is 0 Å². The van der Waals surface area contributed by atoms with Gasteiger partial charge in [0.1, 0.15) is 0 Å². The van der Waals surface area contributed by atoms with Crippen LogP contribution in [0.3, 0.4) is 0 Å². The summed E-state index contributed by atoms with van der Waals surface area (Å²) in [5, 5.41) is 11.7. The molecule has 0 spiro atoms. The van der Waals surface area contributed by atoms with Crippen molar-refractivity contribution in [1.29, 1.82) is 0 Å². The van der Waals surface area contributed by atoms with Crippen LogP contribution in [0.25, 0.3) is 0 Å². The maximum atomic E-state index is 10.4. The van der Waals surface area contributed by atoms with Gasteiger partial charge in [-0.1, -0.05) is 0 Å². The highest BCUT2D eigenvalue weighted by atomic mass is 16.4. The van der Waals surface area contributed by atoms with Crippen LogP contribution >= 0.6 is 0 Å². The summed E-state index contributed by atoms with van der Waals surface area (Å²) in [5.74, 6) is 0.559. The zero-order chi connectivity index (χ0) is 7.14. The minimum absolute atomic E-state index is 0.00731. The van der Waals surface area contributed by atoms with Gasteiger partial charge >= 0.3 is 5.97 Å². The first-order valence-electron chi connectivity index (χ1n) is 3.72. The van der Waals surface area contributed by atoms with Crippen molar-refractivity contribution >= 4 is 5.97 Å². The van der Waals surface area contributed by atoms with E-state index in [0.29, 0.717) is 11.8 Å². The van der Waals surface area contributed by atoms with Crippen LogP contribution in [0, 0.1) is 17.8 Å². The lowest BCUT2D eigenvalue weighted by atomic mass is 9.96. The Kier molecular flexibility index (Phi) is 1.20. The largest absolute Gasteiger partial charge is 0.481 e. The highest BCUT2D eigenvalue weighted by Gasteiger charge is 2.49. The van der Waals surface area contributed by atoms with E-state index >= 15 is 0 Å². The number of hydrogen-bond acceptors (Lipinski definition) is 2. The maximum absolute atomic E-state index is 10.4. The lowest BCUT2D eigenvalue weighted by Crippen LogP contribution is -2.43. The van der Waals surface area contributed by atoms with Crippen LogP contribution in [-0.4, -0.2) is 24.2 Å². The number of carboxylic acids is 1. The molecule has 0 aromatic heterocycles. The summed E-state index contributed by atoms with van der Waals surface area (Å²) in [6.45, 7) is 2.07. The molecule has 0 bridgehead atoms. The molecule has 1 saturated heterocycles. The zero-order valence-electron chi connectivity index (χ0n) is 5.71. The van der Waals surface area contributed by atoms with Gasteiger partial charge in [-0.2, -0.15) is 0 Å². The lowest BCUT2D eigenvalue weighted by Gasteiger charge is -2.26. The maximum Gasteiger partial charge on any atom is 0.306 e. The normalized spacial score (nSPS) is 38.8. The fraction of sp³-hybridized carbons (Fsp3) is 0.857. The second kappa shape index (κ2) is 1.95. The number of rotatable bonds is 2. The summed E-state index contributed by atoms with van der Waals surface area (Å²) >= 11 is 0. The van der Waals surface area contributed by atoms with E-state index in [1.807, 2.05) is 0 Å². The number of nitrogens with one attached hydrogen (secondary N) is 1. The molecule has 2 atom stereocenters. The fourth-order valence-corrected chi connectivity index (χ4v) is 1.63. The van der Waals surface area contributed by atoms with Crippen molar-refractivity contribution in [1.82, 2.24) is 5.32 Å². The standard InChI is InChI=1S/C7H11NO2/c9-7(10)6-1-5(6)4-2-8-3-4/h4-6,8H,1-3H2,(H,9,10)/t5-,6+/m0/s1. The molecule has 2 N–H and O–H groups in total. The predicted octanol–water partition coefficient (Wildman–Crippen LogP) is -0.0735. The first-order chi connectivity index (χ1) is 4.79. The van der Waals surface area contributed by atoms with E-state index in [0.717, 1.165) is 19.5 Å². The first-order valence-corrected chi connectivity index (χ1v) is 3.72. The van der Waals surface area contributed by atoms with Gasteiger partial charge in [-0.15, -0.1) is 0 Å². The zero-order valence-corrected chi connectivity index (χ0v) is 5.71. The third kappa shape index (κ3) is 0.814. The molecule has 2 fully saturated rings. The van der Waals surface area contributed by atoms with Crippen LogP contribution in [0.1, 0.15) is 6.42 Å². The van der Waals surface area contributed by atoms with Gasteiger partial charge in [-0.3, -0.25) is 4.79 Å². The molecule has 2 aliphatic rings. The van der Waals surface area contributed by atoms with Crippen LogP contribution in [-0.2, 0) is 4.79 Å². The molecular weight excluding hydrogens is 130 g/mol. The van der Waals surface area contributed by atoms with Gasteiger partial charge in [0.2, 0.25) is 0 Å². The number of aliphatic carboxylic acids is 1. The topological polar surface area (TPSA) is 49.3 Å². The minimum Gasteiger partial charge on any atom is -0.481 e. The van der Waals surface area contributed by atoms with Crippen molar-refractivity contribution in [3.8, 4) is 0 Å². The molecular formula is C7H11NO2. The van der Waals surface area contributed by atoms with Gasteiger partial charge in [0.05, 0.1) is 5.92 Å². The van der Waals surface area contributed by atoms with E-state index in [1.165, 1.54) is 0 Å². The Balaban J connectivity index is 1.83. The molecule has 2 rings (SSSR count). The van der Waals surface area contributed by atoms with E-state index < -0.39 is 5.97 Å². The van der Waals surface area contributed by atoms with Crippen LogP contribution in [0.15, 0.2) is 0 Å². The van der Waals surface area contributed by atoms with Gasteiger partial charge in [-0.25, -0.2) is 0 Å². The molecule has 0 aromatic carbocycles. The van der Waals surface area contributed by atoms with E-state index in [-0.39, 0.29) is 5.92 Å². The first kappa shape index (κ1) is 6.16. The lowest BCUT2D eigenvalue weighted by molar-refractivity contribution is -0.139. The molecule has 1 heterocycles. The minimum atomic E-state index is -0.600. The molecule has 0 radical (unpaired) electrons. The van der Waals surface area contributed by atoms with E-state index in [9.17, 15) is 4.79 Å². The number of hydrogen-bond donors (Lipinski definition) is 2. The van der Waals surface area contributed by atoms with Gasteiger partial charge in [0.15, 0.2) is 0 Å². The van der Waals surface area contributed by atoms with Crippen LogP contribution < -0.4 is 5.32 Å². The number of carboxylic acid groups (broad SMARTS) is 1. The average Bonchev–Trinajstić information content (AvgIpc) is 2.40. The van der Waals surface area contributed by atoms with Crippen molar-refractivity contribution < 1.29 is 9.90 Å². The summed E-state index contributed by atoms with van der Waals surface area (Å²) in [5.41, 5.74) is 0. The second-order valence-corrected chi connectivity index (χ2v) is 3.26. The summed E-state index contributed by atoms with van der Waals surface area (Å²) in [6.07, 6.45) is 0.918. The molecule has 3 heteroatoms. The molecule has 3 nitrogen and oxygen atoms in total. The van der Waals surface area contributed by atoms with Crippen LogP contribution in [0.5, 0.6) is 0 Å². The number of carbonyl (C=O) groups is 1. The Bertz CT molecular complexity index is 165. The Labute approximate surface area is 59.4 Å². The van der Waals surface area contributed by atoms with Crippen LogP contribution in [0.2, 0.25) is 0 Å². The van der Waals surface area contributed by atoms with E-state index in [2.05, 4.69) is 5.32 Å².